The number of hydrogen-bond acceptors (Lipinski definition) is 7. The zero-order valence-corrected chi connectivity index (χ0v) is 19.9. The molecule has 3 atom stereocenters. The Balaban J connectivity index is 1.96. The molecule has 0 aliphatic carbocycles. The van der Waals surface area contributed by atoms with Gasteiger partial charge in [-0.15, -0.1) is 0 Å². The molecule has 3 unspecified atom stereocenters. The first-order chi connectivity index (χ1) is 14.7. The van der Waals surface area contributed by atoms with Crippen molar-refractivity contribution in [3.8, 4) is 11.8 Å². The van der Waals surface area contributed by atoms with Crippen molar-refractivity contribution in [1.29, 1.82) is 0 Å². The molecule has 0 aromatic carbocycles. The van der Waals surface area contributed by atoms with E-state index in [9.17, 15) is 23.1 Å². The number of ether oxygens (including phenoxy) is 1. The summed E-state index contributed by atoms with van der Waals surface area (Å²) in [4.78, 5) is 22.5. The number of carbonyl (C=O) groups excluding carboxylic acids is 1. The van der Waals surface area contributed by atoms with Crippen LogP contribution < -0.4 is 5.32 Å². The van der Waals surface area contributed by atoms with Crippen molar-refractivity contribution < 1.29 is 42.0 Å². The number of hydrogen-bond donors (Lipinski definition) is 2. The standard InChI is InChI=1S/C20H31F3N2O6Si/c1-19(2,3)32(4,5)30-12-16-15(26)9-17(31-16)25-10-14(11-28-29-13-25)7-6-8-24-18(27)20(21,22)23/h10,15-17,26H,8-9,11-13H2,1-5H3,(H,24,27). The predicted octanol–water partition coefficient (Wildman–Crippen LogP) is 2.27. The van der Waals surface area contributed by atoms with Crippen LogP contribution in [-0.2, 0) is 23.7 Å². The minimum absolute atomic E-state index is 0.0171. The second-order valence-corrected chi connectivity index (χ2v) is 14.0. The van der Waals surface area contributed by atoms with E-state index in [1.54, 1.807) is 16.4 Å². The van der Waals surface area contributed by atoms with E-state index in [0.29, 0.717) is 12.0 Å². The molecule has 2 heterocycles. The number of alkyl halides is 3. The molecule has 182 valence electrons. The molecule has 2 N–H and O–H groups in total. The molecule has 1 fully saturated rings. The van der Waals surface area contributed by atoms with Crippen molar-refractivity contribution >= 4 is 14.2 Å². The van der Waals surface area contributed by atoms with E-state index in [0.717, 1.165) is 0 Å². The van der Waals surface area contributed by atoms with Gasteiger partial charge in [-0.3, -0.25) is 4.79 Å². The van der Waals surface area contributed by atoms with Gasteiger partial charge in [0.2, 0.25) is 0 Å². The monoisotopic (exact) mass is 480 g/mol. The van der Waals surface area contributed by atoms with E-state index in [1.807, 2.05) is 0 Å². The lowest BCUT2D eigenvalue weighted by molar-refractivity contribution is -0.308. The Kier molecular flexibility index (Phi) is 8.77. The molecule has 0 spiro atoms. The lowest BCUT2D eigenvalue weighted by Gasteiger charge is -2.37. The van der Waals surface area contributed by atoms with Crippen LogP contribution >= 0.6 is 0 Å². The zero-order chi connectivity index (χ0) is 24.2. The maximum Gasteiger partial charge on any atom is 0.471 e. The summed E-state index contributed by atoms with van der Waals surface area (Å²) in [6, 6.07) is 0. The molecule has 2 aliphatic rings. The van der Waals surface area contributed by atoms with Crippen LogP contribution in [0.3, 0.4) is 0 Å². The van der Waals surface area contributed by atoms with Crippen molar-refractivity contribution in [1.82, 2.24) is 10.2 Å². The normalized spacial score (nSPS) is 25.0. The number of aliphatic hydroxyl groups is 1. The highest BCUT2D eigenvalue weighted by atomic mass is 28.4. The van der Waals surface area contributed by atoms with Crippen LogP contribution in [0.2, 0.25) is 18.1 Å². The molecule has 2 aliphatic heterocycles. The van der Waals surface area contributed by atoms with Gasteiger partial charge in [0.15, 0.2) is 15.0 Å². The summed E-state index contributed by atoms with van der Waals surface area (Å²) in [6.07, 6.45) is -4.77. The number of halogens is 3. The van der Waals surface area contributed by atoms with Crippen molar-refractivity contribution in [3.05, 3.63) is 11.8 Å². The summed E-state index contributed by atoms with van der Waals surface area (Å²) in [5, 5.41) is 12.2. The van der Waals surface area contributed by atoms with Crippen LogP contribution in [0.4, 0.5) is 13.2 Å². The van der Waals surface area contributed by atoms with Gasteiger partial charge in [0.05, 0.1) is 19.3 Å². The maximum absolute atomic E-state index is 12.2. The first-order valence-electron chi connectivity index (χ1n) is 10.2. The Hall–Kier alpha value is -1.62. The van der Waals surface area contributed by atoms with E-state index in [2.05, 4.69) is 45.7 Å². The minimum Gasteiger partial charge on any atom is -0.414 e. The number of amides is 1. The average Bonchev–Trinajstić information content (AvgIpc) is 2.88. The first kappa shape index (κ1) is 26.6. The molecule has 1 amide bonds. The number of nitrogens with zero attached hydrogens (tertiary/aromatic N) is 1. The zero-order valence-electron chi connectivity index (χ0n) is 18.9. The number of carbonyl (C=O) groups is 1. The van der Waals surface area contributed by atoms with Gasteiger partial charge in [0, 0.05) is 18.2 Å². The Morgan fingerprint density at radius 2 is 2.03 bits per heavy atom. The summed E-state index contributed by atoms with van der Waals surface area (Å²) >= 11 is 0. The second-order valence-electron chi connectivity index (χ2n) is 9.16. The molecule has 0 aromatic rings. The Morgan fingerprint density at radius 1 is 1.34 bits per heavy atom. The van der Waals surface area contributed by atoms with E-state index in [1.165, 1.54) is 0 Å². The fourth-order valence-corrected chi connectivity index (χ4v) is 3.69. The van der Waals surface area contributed by atoms with Gasteiger partial charge in [-0.2, -0.15) is 13.2 Å². The molecule has 12 heteroatoms. The molecule has 0 saturated carbocycles. The van der Waals surface area contributed by atoms with Crippen molar-refractivity contribution in [2.45, 2.75) is 69.9 Å². The Labute approximate surface area is 187 Å². The summed E-state index contributed by atoms with van der Waals surface area (Å²) in [5.74, 6) is 3.05. The average molecular weight is 481 g/mol. The van der Waals surface area contributed by atoms with Gasteiger partial charge in [-0.1, -0.05) is 32.6 Å². The topological polar surface area (TPSA) is 89.5 Å². The lowest BCUT2D eigenvalue weighted by Crippen LogP contribution is -2.44. The predicted molar refractivity (Wildman–Crippen MR) is 111 cm³/mol. The van der Waals surface area contributed by atoms with Crippen LogP contribution in [0, 0.1) is 11.8 Å². The van der Waals surface area contributed by atoms with Gasteiger partial charge in [0.25, 0.3) is 0 Å². The number of rotatable bonds is 5. The van der Waals surface area contributed by atoms with Crippen molar-refractivity contribution in [2.24, 2.45) is 0 Å². The molecule has 0 radical (unpaired) electrons. The smallest absolute Gasteiger partial charge is 0.414 e. The maximum atomic E-state index is 12.2. The quantitative estimate of drug-likeness (QED) is 0.355. The van der Waals surface area contributed by atoms with Crippen molar-refractivity contribution in [3.63, 3.8) is 0 Å². The van der Waals surface area contributed by atoms with Crippen LogP contribution in [0.1, 0.15) is 27.2 Å². The Morgan fingerprint density at radius 3 is 2.66 bits per heavy atom. The minimum atomic E-state index is -4.96. The molecule has 1 saturated heterocycles. The molecule has 0 bridgehead atoms. The van der Waals surface area contributed by atoms with Crippen LogP contribution in [-0.4, -0.2) is 75.3 Å². The highest BCUT2D eigenvalue weighted by Crippen LogP contribution is 2.37. The molecule has 0 aromatic heterocycles. The van der Waals surface area contributed by atoms with Crippen LogP contribution in [0.5, 0.6) is 0 Å². The van der Waals surface area contributed by atoms with Gasteiger partial charge in [-0.25, -0.2) is 9.78 Å². The van der Waals surface area contributed by atoms with Gasteiger partial charge >= 0.3 is 12.1 Å². The van der Waals surface area contributed by atoms with Gasteiger partial charge in [0.1, 0.15) is 18.9 Å². The third-order valence-corrected chi connectivity index (χ3v) is 10.2. The SMILES string of the molecule is CC(C)(C)[Si](C)(C)OCC1OC(N2C=C(C#CCNC(=O)C(F)(F)F)COOC2)CC1O. The van der Waals surface area contributed by atoms with Crippen LogP contribution in [0.25, 0.3) is 0 Å². The molecule has 32 heavy (non-hydrogen) atoms. The fourth-order valence-electron chi connectivity index (χ4n) is 2.67. The van der Waals surface area contributed by atoms with E-state index < -0.39 is 45.4 Å². The Bertz CT molecular complexity index is 757. The van der Waals surface area contributed by atoms with E-state index in [4.69, 9.17) is 18.9 Å². The highest BCUT2D eigenvalue weighted by molar-refractivity contribution is 6.74. The lowest BCUT2D eigenvalue weighted by atomic mass is 10.2. The largest absolute Gasteiger partial charge is 0.471 e. The summed E-state index contributed by atoms with van der Waals surface area (Å²) in [7, 11) is -2.00. The second kappa shape index (κ2) is 10.5. The molecule has 2 rings (SSSR count). The number of nitrogens with one attached hydrogen (secondary N) is 1. The highest BCUT2D eigenvalue weighted by Gasteiger charge is 2.42. The van der Waals surface area contributed by atoms with Gasteiger partial charge in [-0.05, 0) is 18.1 Å². The van der Waals surface area contributed by atoms with E-state index in [-0.39, 0.29) is 25.0 Å². The molecule has 8 nitrogen and oxygen atoms in total. The first-order valence-corrected chi connectivity index (χ1v) is 13.1. The third-order valence-electron chi connectivity index (χ3n) is 5.65. The summed E-state index contributed by atoms with van der Waals surface area (Å²) in [5.41, 5.74) is 0.419. The van der Waals surface area contributed by atoms with Crippen LogP contribution in [0.15, 0.2) is 11.8 Å². The van der Waals surface area contributed by atoms with E-state index >= 15 is 0 Å². The fraction of sp³-hybridized carbons (Fsp3) is 0.750. The van der Waals surface area contributed by atoms with Crippen molar-refractivity contribution in [2.75, 3.05) is 26.5 Å². The molecular formula is C20H31F3N2O6Si. The third kappa shape index (κ3) is 7.46. The van der Waals surface area contributed by atoms with Gasteiger partial charge < -0.3 is 24.5 Å². The molecular weight excluding hydrogens is 449 g/mol. The number of aliphatic hydroxyl groups excluding tert-OH is 1. The summed E-state index contributed by atoms with van der Waals surface area (Å²) < 4.78 is 48.7. The summed E-state index contributed by atoms with van der Waals surface area (Å²) in [6.45, 7) is 10.4.